The first-order valence-electron chi connectivity index (χ1n) is 7.76. The molecule has 3 rings (SSSR count). The zero-order chi connectivity index (χ0) is 19.7. The lowest BCUT2D eigenvalue weighted by Crippen LogP contribution is -2.32. The summed E-state index contributed by atoms with van der Waals surface area (Å²) in [6.07, 6.45) is -4.76. The molecule has 2 heterocycles. The van der Waals surface area contributed by atoms with Crippen LogP contribution in [0.25, 0.3) is 11.4 Å². The maximum Gasteiger partial charge on any atom is 0.471 e. The van der Waals surface area contributed by atoms with Gasteiger partial charge in [0.2, 0.25) is 5.82 Å². The van der Waals surface area contributed by atoms with Gasteiger partial charge in [0.05, 0.1) is 25.9 Å². The lowest BCUT2D eigenvalue weighted by atomic mass is 10.1. The smallest absolute Gasteiger partial charge is 0.471 e. The first-order valence-corrected chi connectivity index (χ1v) is 9.83. The molecule has 1 saturated heterocycles. The van der Waals surface area contributed by atoms with E-state index < -0.39 is 28.1 Å². The SMILES string of the molecule is COc1cc(-c2noc(C(F)(F)F)n2)ccc1C(=O)N=[SH]1(O)CCOCC1. The van der Waals surface area contributed by atoms with Gasteiger partial charge in [-0.15, -0.1) is 0 Å². The number of methoxy groups -OCH3 is 1. The molecule has 1 aliphatic heterocycles. The van der Waals surface area contributed by atoms with Crippen LogP contribution in [0.1, 0.15) is 16.2 Å². The zero-order valence-corrected chi connectivity index (χ0v) is 15.0. The lowest BCUT2D eigenvalue weighted by Gasteiger charge is -2.27. The van der Waals surface area contributed by atoms with Crippen LogP contribution in [-0.2, 0) is 21.0 Å². The van der Waals surface area contributed by atoms with E-state index in [9.17, 15) is 22.5 Å². The fourth-order valence-corrected chi connectivity index (χ4v) is 4.13. The predicted octanol–water partition coefficient (Wildman–Crippen LogP) is 2.48. The number of nitrogens with zero attached hydrogens (tertiary/aromatic N) is 3. The minimum Gasteiger partial charge on any atom is -0.496 e. The van der Waals surface area contributed by atoms with Crippen LogP contribution in [0.15, 0.2) is 27.1 Å². The zero-order valence-electron chi connectivity index (χ0n) is 14.1. The monoisotopic (exact) mass is 407 g/mol. The Morgan fingerprint density at radius 1 is 1.33 bits per heavy atom. The first-order chi connectivity index (χ1) is 12.7. The summed E-state index contributed by atoms with van der Waals surface area (Å²) < 4.78 is 66.6. The van der Waals surface area contributed by atoms with E-state index in [0.29, 0.717) is 24.7 Å². The lowest BCUT2D eigenvalue weighted by molar-refractivity contribution is -0.159. The molecule has 1 aliphatic rings. The second-order valence-corrected chi connectivity index (χ2v) is 8.53. The van der Waals surface area contributed by atoms with Gasteiger partial charge in [-0.25, -0.2) is 0 Å². The fourth-order valence-electron chi connectivity index (χ4n) is 2.42. The van der Waals surface area contributed by atoms with E-state index in [2.05, 4.69) is 19.0 Å². The van der Waals surface area contributed by atoms with E-state index in [0.717, 1.165) is 0 Å². The van der Waals surface area contributed by atoms with Gasteiger partial charge < -0.3 is 18.5 Å². The highest BCUT2D eigenvalue weighted by atomic mass is 32.3. The molecule has 148 valence electrons. The number of alkyl halides is 3. The highest BCUT2D eigenvalue weighted by molar-refractivity contribution is 8.00. The van der Waals surface area contributed by atoms with Crippen molar-refractivity contribution in [2.24, 2.45) is 4.36 Å². The maximum atomic E-state index is 12.6. The summed E-state index contributed by atoms with van der Waals surface area (Å²) in [6, 6.07) is 3.99. The third-order valence-corrected chi connectivity index (χ3v) is 6.17. The summed E-state index contributed by atoms with van der Waals surface area (Å²) in [5.74, 6) is -1.78. The highest BCUT2D eigenvalue weighted by Crippen LogP contribution is 2.31. The van der Waals surface area contributed by atoms with E-state index in [1.165, 1.54) is 25.3 Å². The van der Waals surface area contributed by atoms with Crippen molar-refractivity contribution in [3.63, 3.8) is 0 Å². The van der Waals surface area contributed by atoms with Crippen molar-refractivity contribution in [2.75, 3.05) is 31.8 Å². The molecule has 1 aromatic heterocycles. The number of hydrogen-bond donors (Lipinski definition) is 2. The standard InChI is InChI=1S/C15H16F3N3O5S/c1-24-11-8-9(12-19-14(26-20-12)15(16,17)18)2-3-10(11)13(22)21-27(23)6-4-25-5-7-27/h2-3,8,27H,4-7H2,1H3,(H,21,22,23). The van der Waals surface area contributed by atoms with Crippen molar-refractivity contribution in [1.29, 1.82) is 0 Å². The molecule has 2 aromatic rings. The van der Waals surface area contributed by atoms with Crippen molar-refractivity contribution >= 4 is 16.0 Å². The number of carbonyl (C=O) groups excluding carboxylic acids is 1. The van der Waals surface area contributed by atoms with Gasteiger partial charge in [-0.05, 0) is 18.2 Å². The molecular formula is C15H16F3N3O5S. The van der Waals surface area contributed by atoms with Gasteiger partial charge in [0.25, 0.3) is 5.91 Å². The first kappa shape index (κ1) is 19.5. The molecule has 12 heteroatoms. The average Bonchev–Trinajstić information content (AvgIpc) is 3.12. The van der Waals surface area contributed by atoms with E-state index in [4.69, 9.17) is 9.47 Å². The summed E-state index contributed by atoms with van der Waals surface area (Å²) in [7, 11) is -1.47. The number of amides is 1. The van der Waals surface area contributed by atoms with Crippen LogP contribution in [0.2, 0.25) is 0 Å². The molecule has 27 heavy (non-hydrogen) atoms. The van der Waals surface area contributed by atoms with Gasteiger partial charge in [-0.1, -0.05) is 15.3 Å². The van der Waals surface area contributed by atoms with Crippen LogP contribution in [0.3, 0.4) is 0 Å². The van der Waals surface area contributed by atoms with Gasteiger partial charge in [0, 0.05) is 17.1 Å². The molecule has 8 nitrogen and oxygen atoms in total. The van der Waals surface area contributed by atoms with Crippen LogP contribution in [0.5, 0.6) is 5.75 Å². The second kappa shape index (κ2) is 7.37. The Labute approximate surface area is 152 Å². The Morgan fingerprint density at radius 2 is 2.04 bits per heavy atom. The van der Waals surface area contributed by atoms with E-state index in [1.54, 1.807) is 0 Å². The van der Waals surface area contributed by atoms with Gasteiger partial charge >= 0.3 is 12.1 Å². The molecular weight excluding hydrogens is 391 g/mol. The molecule has 0 radical (unpaired) electrons. The largest absolute Gasteiger partial charge is 0.496 e. The topological polar surface area (TPSA) is 107 Å². The third-order valence-electron chi connectivity index (χ3n) is 3.82. The summed E-state index contributed by atoms with van der Waals surface area (Å²) in [5.41, 5.74) is 0.239. The minimum absolute atomic E-state index is 0.0690. The Balaban J connectivity index is 1.92. The Morgan fingerprint density at radius 3 is 2.63 bits per heavy atom. The summed E-state index contributed by atoms with van der Waals surface area (Å²) >= 11 is 0. The number of halogens is 3. The van der Waals surface area contributed by atoms with Crippen LogP contribution >= 0.6 is 0 Å². The van der Waals surface area contributed by atoms with E-state index >= 15 is 0 Å². The number of carbonyl (C=O) groups is 1. The van der Waals surface area contributed by atoms with Crippen molar-refractivity contribution < 1.29 is 36.5 Å². The summed E-state index contributed by atoms with van der Waals surface area (Å²) in [6.45, 7) is 0.660. The van der Waals surface area contributed by atoms with Crippen LogP contribution in [-0.4, -0.2) is 52.4 Å². The Bertz CT molecular complexity index is 902. The van der Waals surface area contributed by atoms with Crippen LogP contribution in [0, 0.1) is 0 Å². The van der Waals surface area contributed by atoms with Gasteiger partial charge in [0.15, 0.2) is 0 Å². The van der Waals surface area contributed by atoms with Crippen LogP contribution in [0.4, 0.5) is 13.2 Å². The van der Waals surface area contributed by atoms with E-state index in [-0.39, 0.29) is 22.7 Å². The predicted molar refractivity (Wildman–Crippen MR) is 90.0 cm³/mol. The molecule has 1 N–H and O–H groups in total. The van der Waals surface area contributed by atoms with Gasteiger partial charge in [0.1, 0.15) is 5.75 Å². The number of rotatable bonds is 3. The highest BCUT2D eigenvalue weighted by Gasteiger charge is 2.38. The van der Waals surface area contributed by atoms with Crippen LogP contribution < -0.4 is 4.74 Å². The van der Waals surface area contributed by atoms with Crippen molar-refractivity contribution in [3.05, 3.63) is 29.7 Å². The molecule has 0 bridgehead atoms. The molecule has 1 aromatic carbocycles. The summed E-state index contributed by atoms with van der Waals surface area (Å²) in [4.78, 5) is 15.8. The molecule has 1 fully saturated rings. The number of benzene rings is 1. The van der Waals surface area contributed by atoms with E-state index in [1.807, 2.05) is 0 Å². The molecule has 0 spiro atoms. The van der Waals surface area contributed by atoms with Crippen molar-refractivity contribution in [1.82, 2.24) is 10.1 Å². The van der Waals surface area contributed by atoms with Crippen molar-refractivity contribution in [3.8, 4) is 17.1 Å². The van der Waals surface area contributed by atoms with Gasteiger partial charge in [-0.3, -0.25) is 4.79 Å². The number of hydrogen-bond acceptors (Lipinski definition) is 6. The molecule has 0 atom stereocenters. The van der Waals surface area contributed by atoms with Gasteiger partial charge in [-0.2, -0.15) is 22.5 Å². The number of ether oxygens (including phenoxy) is 2. The quantitative estimate of drug-likeness (QED) is 0.753. The maximum absolute atomic E-state index is 12.6. The molecule has 0 unspecified atom stereocenters. The number of aromatic nitrogens is 2. The second-order valence-electron chi connectivity index (χ2n) is 5.68. The number of thiol groups is 1. The summed E-state index contributed by atoms with van der Waals surface area (Å²) in [5, 5.41) is 3.29. The molecule has 0 aliphatic carbocycles. The Kier molecular flexibility index (Phi) is 5.31. The fraction of sp³-hybridized carbons (Fsp3) is 0.400. The van der Waals surface area contributed by atoms with Crippen molar-refractivity contribution in [2.45, 2.75) is 6.18 Å². The Hall–Kier alpha value is -2.31. The average molecular weight is 407 g/mol. The minimum atomic E-state index is -4.76. The normalized spacial score (nSPS) is 18.0. The molecule has 0 saturated carbocycles. The molecule has 1 amide bonds. The third kappa shape index (κ3) is 4.34.